The Labute approximate surface area is 220 Å². The molecule has 4 unspecified atom stereocenters. The predicted octanol–water partition coefficient (Wildman–Crippen LogP) is -1.72. The largest absolute Gasteiger partial charge is 0.480 e. The number of aromatic nitrogens is 2. The van der Waals surface area contributed by atoms with Crippen molar-refractivity contribution in [2.75, 3.05) is 18.6 Å². The number of guanidine groups is 1. The number of nitrogens with one attached hydrogen (secondary N) is 4. The van der Waals surface area contributed by atoms with Gasteiger partial charge in [0.15, 0.2) is 5.96 Å². The van der Waals surface area contributed by atoms with Crippen LogP contribution in [0.4, 0.5) is 0 Å². The summed E-state index contributed by atoms with van der Waals surface area (Å²) < 4.78 is 0. The molecule has 0 saturated carbocycles. The Morgan fingerprint density at radius 2 is 1.76 bits per heavy atom. The van der Waals surface area contributed by atoms with Gasteiger partial charge in [0.25, 0.3) is 0 Å². The summed E-state index contributed by atoms with van der Waals surface area (Å²) in [6.07, 6.45) is 5.79. The van der Waals surface area contributed by atoms with Gasteiger partial charge in [-0.1, -0.05) is 13.8 Å². The molecule has 15 heteroatoms. The Bertz CT molecular complexity index is 906. The van der Waals surface area contributed by atoms with E-state index in [1.165, 1.54) is 18.1 Å². The molecular formula is C22H39N9O5S. The molecule has 0 fully saturated rings. The van der Waals surface area contributed by atoms with Crippen LogP contribution in [-0.4, -0.2) is 87.4 Å². The van der Waals surface area contributed by atoms with Crippen molar-refractivity contribution in [3.05, 3.63) is 18.2 Å². The van der Waals surface area contributed by atoms with E-state index in [0.717, 1.165) is 0 Å². The van der Waals surface area contributed by atoms with Crippen molar-refractivity contribution >= 4 is 41.4 Å². The molecule has 0 aliphatic rings. The molecule has 3 amide bonds. The van der Waals surface area contributed by atoms with Crippen LogP contribution in [0.3, 0.4) is 0 Å². The Balaban J connectivity index is 2.95. The second-order valence-corrected chi connectivity index (χ2v) is 9.79. The molecule has 0 aliphatic carbocycles. The fraction of sp³-hybridized carbons (Fsp3) is 0.636. The SMILES string of the molecule is CSCCC(NC(=O)C(NC(=O)C(CCCN=C(N)N)NC(=O)C(N)Cc1cnc[nH]1)C(C)C)C(=O)O. The topological polar surface area (TPSA) is 244 Å². The van der Waals surface area contributed by atoms with Gasteiger partial charge in [0, 0.05) is 24.9 Å². The molecule has 1 aromatic rings. The van der Waals surface area contributed by atoms with Crippen molar-refractivity contribution in [2.45, 2.75) is 63.7 Å². The first-order valence-corrected chi connectivity index (χ1v) is 13.3. The first kappa shape index (κ1) is 31.7. The number of thioether (sulfide) groups is 1. The maximum atomic E-state index is 13.2. The molecule has 1 rings (SSSR count). The minimum Gasteiger partial charge on any atom is -0.480 e. The monoisotopic (exact) mass is 541 g/mol. The number of carboxylic acids is 1. The number of hydrogen-bond acceptors (Lipinski definition) is 8. The lowest BCUT2D eigenvalue weighted by molar-refractivity contribution is -0.142. The van der Waals surface area contributed by atoms with Crippen molar-refractivity contribution in [1.82, 2.24) is 25.9 Å². The van der Waals surface area contributed by atoms with Crippen LogP contribution < -0.4 is 33.2 Å². The van der Waals surface area contributed by atoms with Gasteiger partial charge >= 0.3 is 5.97 Å². The molecule has 0 radical (unpaired) electrons. The fourth-order valence-corrected chi connectivity index (χ4v) is 3.79. The van der Waals surface area contributed by atoms with E-state index in [-0.39, 0.29) is 37.7 Å². The zero-order chi connectivity index (χ0) is 28.0. The molecule has 208 valence electrons. The first-order chi connectivity index (χ1) is 17.5. The van der Waals surface area contributed by atoms with E-state index in [1.54, 1.807) is 20.0 Å². The van der Waals surface area contributed by atoms with Crippen molar-refractivity contribution in [2.24, 2.45) is 28.1 Å². The predicted molar refractivity (Wildman–Crippen MR) is 141 cm³/mol. The van der Waals surface area contributed by atoms with E-state index in [9.17, 15) is 24.3 Å². The van der Waals surface area contributed by atoms with Gasteiger partial charge in [-0.25, -0.2) is 9.78 Å². The van der Waals surface area contributed by atoms with Crippen LogP contribution in [0.5, 0.6) is 0 Å². The van der Waals surface area contributed by atoms with E-state index in [4.69, 9.17) is 17.2 Å². The Morgan fingerprint density at radius 1 is 1.08 bits per heavy atom. The second kappa shape index (κ2) is 16.4. The standard InChI is InChI=1S/C22H39N9O5S/c1-12(2)17(20(34)30-16(21(35)36)6-8-37-3)31-19(33)15(5-4-7-27-22(24)25)29-18(32)14(23)9-13-10-26-11-28-13/h10-12,14-17H,4-9,23H2,1-3H3,(H,26,28)(H,29,32)(H,30,34)(H,31,33)(H,35,36)(H4,24,25,27). The summed E-state index contributed by atoms with van der Waals surface area (Å²) in [6, 6.07) is -4.10. The number of hydrogen-bond donors (Lipinski definition) is 8. The summed E-state index contributed by atoms with van der Waals surface area (Å²) in [7, 11) is 0. The third-order valence-corrected chi connectivity index (χ3v) is 6.03. The summed E-state index contributed by atoms with van der Waals surface area (Å²) in [5.41, 5.74) is 17.3. The molecular weight excluding hydrogens is 502 g/mol. The molecule has 14 nitrogen and oxygen atoms in total. The molecule has 0 aromatic carbocycles. The second-order valence-electron chi connectivity index (χ2n) is 8.81. The van der Waals surface area contributed by atoms with E-state index < -0.39 is 47.9 Å². The van der Waals surface area contributed by atoms with Gasteiger partial charge in [-0.15, -0.1) is 0 Å². The molecule has 4 atom stereocenters. The summed E-state index contributed by atoms with van der Waals surface area (Å²) in [6.45, 7) is 3.66. The quantitative estimate of drug-likeness (QED) is 0.0629. The zero-order valence-electron chi connectivity index (χ0n) is 21.4. The average Bonchev–Trinajstić information content (AvgIpc) is 3.33. The van der Waals surface area contributed by atoms with Crippen LogP contribution in [-0.2, 0) is 25.6 Å². The summed E-state index contributed by atoms with van der Waals surface area (Å²) in [5, 5.41) is 17.2. The molecule has 0 saturated heterocycles. The van der Waals surface area contributed by atoms with Crippen molar-refractivity contribution in [1.29, 1.82) is 0 Å². The Kier molecular flexibility index (Phi) is 14.1. The lowest BCUT2D eigenvalue weighted by Crippen LogP contribution is -2.58. The van der Waals surface area contributed by atoms with Crippen LogP contribution >= 0.6 is 11.8 Å². The van der Waals surface area contributed by atoms with Crippen LogP contribution in [0.15, 0.2) is 17.5 Å². The number of H-pyrrole nitrogens is 1. The summed E-state index contributed by atoms with van der Waals surface area (Å²) in [5.74, 6) is -2.89. The summed E-state index contributed by atoms with van der Waals surface area (Å²) in [4.78, 5) is 61.0. The highest BCUT2D eigenvalue weighted by molar-refractivity contribution is 7.98. The number of nitrogens with two attached hydrogens (primary N) is 3. The molecule has 0 spiro atoms. The van der Waals surface area contributed by atoms with Gasteiger partial charge in [-0.05, 0) is 37.2 Å². The van der Waals surface area contributed by atoms with E-state index in [0.29, 0.717) is 17.9 Å². The molecule has 0 aliphatic heterocycles. The zero-order valence-corrected chi connectivity index (χ0v) is 22.2. The van der Waals surface area contributed by atoms with Gasteiger partial charge in [0.05, 0.1) is 12.4 Å². The van der Waals surface area contributed by atoms with Gasteiger partial charge in [-0.2, -0.15) is 11.8 Å². The number of aliphatic imine (C=N–C) groups is 1. The number of amides is 3. The maximum absolute atomic E-state index is 13.2. The highest BCUT2D eigenvalue weighted by atomic mass is 32.2. The molecule has 37 heavy (non-hydrogen) atoms. The fourth-order valence-electron chi connectivity index (χ4n) is 3.32. The van der Waals surface area contributed by atoms with Crippen LogP contribution in [0, 0.1) is 5.92 Å². The number of carbonyl (C=O) groups is 4. The molecule has 1 heterocycles. The first-order valence-electron chi connectivity index (χ1n) is 11.9. The highest BCUT2D eigenvalue weighted by Crippen LogP contribution is 2.08. The van der Waals surface area contributed by atoms with E-state index in [1.807, 2.05) is 6.26 Å². The van der Waals surface area contributed by atoms with Gasteiger partial charge < -0.3 is 43.2 Å². The molecule has 0 bridgehead atoms. The van der Waals surface area contributed by atoms with Gasteiger partial charge in [0.1, 0.15) is 18.1 Å². The van der Waals surface area contributed by atoms with E-state index >= 15 is 0 Å². The van der Waals surface area contributed by atoms with Crippen molar-refractivity contribution in [3.8, 4) is 0 Å². The number of aliphatic carboxylic acids is 1. The number of imidazole rings is 1. The average molecular weight is 542 g/mol. The van der Waals surface area contributed by atoms with Crippen molar-refractivity contribution < 1.29 is 24.3 Å². The number of rotatable bonds is 17. The normalized spacial score (nSPS) is 14.2. The van der Waals surface area contributed by atoms with Crippen LogP contribution in [0.2, 0.25) is 0 Å². The molecule has 1 aromatic heterocycles. The third kappa shape index (κ3) is 12.0. The lowest BCUT2D eigenvalue weighted by atomic mass is 10.0. The van der Waals surface area contributed by atoms with E-state index in [2.05, 4.69) is 30.9 Å². The molecule has 11 N–H and O–H groups in total. The summed E-state index contributed by atoms with van der Waals surface area (Å²) >= 11 is 1.46. The maximum Gasteiger partial charge on any atom is 0.326 e. The lowest BCUT2D eigenvalue weighted by Gasteiger charge is -2.27. The van der Waals surface area contributed by atoms with Gasteiger partial charge in [0.2, 0.25) is 17.7 Å². The number of carbonyl (C=O) groups excluding carboxylic acids is 3. The number of carboxylic acid groups (broad SMARTS) is 1. The highest BCUT2D eigenvalue weighted by Gasteiger charge is 2.31. The van der Waals surface area contributed by atoms with Crippen LogP contribution in [0.1, 0.15) is 38.8 Å². The minimum absolute atomic E-state index is 0.0994. The van der Waals surface area contributed by atoms with Gasteiger partial charge in [-0.3, -0.25) is 19.4 Å². The third-order valence-electron chi connectivity index (χ3n) is 5.38. The number of aromatic amines is 1. The van der Waals surface area contributed by atoms with Crippen LogP contribution in [0.25, 0.3) is 0 Å². The Morgan fingerprint density at radius 3 is 2.30 bits per heavy atom. The number of nitrogens with zero attached hydrogens (tertiary/aromatic N) is 2. The smallest absolute Gasteiger partial charge is 0.326 e. The Hall–Kier alpha value is -3.33. The van der Waals surface area contributed by atoms with Crippen molar-refractivity contribution in [3.63, 3.8) is 0 Å². The minimum atomic E-state index is -1.16.